The predicted octanol–water partition coefficient (Wildman–Crippen LogP) is 2.20. The fourth-order valence-electron chi connectivity index (χ4n) is 2.86. The Bertz CT molecular complexity index is 572. The maximum absolute atomic E-state index is 5.48. The molecule has 0 radical (unpaired) electrons. The van der Waals surface area contributed by atoms with Gasteiger partial charge in [-0.05, 0) is 18.2 Å². The number of hydrogen-bond donors (Lipinski definition) is 1. The Kier molecular flexibility index (Phi) is 9.66. The maximum atomic E-state index is 5.48. The largest absolute Gasteiger partial charge is 0.497 e. The van der Waals surface area contributed by atoms with Crippen molar-refractivity contribution in [3.63, 3.8) is 0 Å². The molecular formula is C18H29IN4O2. The number of nitrogens with one attached hydrogen (secondary N) is 1. The van der Waals surface area contributed by atoms with Crippen LogP contribution in [0.25, 0.3) is 0 Å². The van der Waals surface area contributed by atoms with E-state index in [1.165, 1.54) is 0 Å². The average Bonchev–Trinajstić information content (AvgIpc) is 2.63. The molecule has 140 valence electrons. The zero-order valence-electron chi connectivity index (χ0n) is 15.3. The van der Waals surface area contributed by atoms with E-state index in [-0.39, 0.29) is 24.0 Å². The number of guanidine groups is 1. The van der Waals surface area contributed by atoms with Gasteiger partial charge in [-0.3, -0.25) is 9.89 Å². The molecule has 1 aliphatic heterocycles. The SMILES string of the molecule is C=CCNC(=NC)N1CCN(Cc2cc(OC)ccc2OC)CC1.I. The highest BCUT2D eigenvalue weighted by molar-refractivity contribution is 14.0. The van der Waals surface area contributed by atoms with Crippen molar-refractivity contribution >= 4 is 29.9 Å². The molecule has 6 nitrogen and oxygen atoms in total. The number of ether oxygens (including phenoxy) is 2. The Hall–Kier alpha value is -1.48. The summed E-state index contributed by atoms with van der Waals surface area (Å²) in [5.41, 5.74) is 1.15. The van der Waals surface area contributed by atoms with Crippen LogP contribution < -0.4 is 14.8 Å². The van der Waals surface area contributed by atoms with Crippen LogP contribution in [0.4, 0.5) is 0 Å². The lowest BCUT2D eigenvalue weighted by Gasteiger charge is -2.36. The van der Waals surface area contributed by atoms with E-state index in [9.17, 15) is 0 Å². The first-order valence-electron chi connectivity index (χ1n) is 8.21. The highest BCUT2D eigenvalue weighted by Gasteiger charge is 2.20. The summed E-state index contributed by atoms with van der Waals surface area (Å²) in [5.74, 6) is 2.70. The van der Waals surface area contributed by atoms with Gasteiger partial charge in [0, 0.05) is 51.9 Å². The molecule has 0 spiro atoms. The molecule has 0 unspecified atom stereocenters. The van der Waals surface area contributed by atoms with Gasteiger partial charge in [0.1, 0.15) is 11.5 Å². The van der Waals surface area contributed by atoms with Crippen LogP contribution in [0.15, 0.2) is 35.8 Å². The van der Waals surface area contributed by atoms with Gasteiger partial charge in [-0.15, -0.1) is 30.6 Å². The summed E-state index contributed by atoms with van der Waals surface area (Å²) in [7, 11) is 5.21. The molecule has 0 aliphatic carbocycles. The molecule has 0 saturated carbocycles. The Balaban J connectivity index is 0.00000312. The van der Waals surface area contributed by atoms with Gasteiger partial charge in [0.2, 0.25) is 0 Å². The number of rotatable bonds is 6. The van der Waals surface area contributed by atoms with E-state index in [1.54, 1.807) is 14.2 Å². The third-order valence-corrected chi connectivity index (χ3v) is 4.17. The molecule has 0 aromatic heterocycles. The summed E-state index contributed by atoms with van der Waals surface area (Å²) in [4.78, 5) is 9.04. The number of hydrogen-bond acceptors (Lipinski definition) is 4. The van der Waals surface area contributed by atoms with Crippen molar-refractivity contribution in [2.75, 3.05) is 54.0 Å². The van der Waals surface area contributed by atoms with Gasteiger partial charge >= 0.3 is 0 Å². The minimum Gasteiger partial charge on any atom is -0.497 e. The molecule has 1 fully saturated rings. The normalized spacial score (nSPS) is 15.3. The summed E-state index contributed by atoms with van der Waals surface area (Å²) in [5, 5.41) is 3.29. The second-order valence-electron chi connectivity index (χ2n) is 5.66. The van der Waals surface area contributed by atoms with Crippen LogP contribution in [-0.2, 0) is 6.54 Å². The molecule has 2 rings (SSSR count). The van der Waals surface area contributed by atoms with Gasteiger partial charge in [0.05, 0.1) is 14.2 Å². The molecule has 1 aromatic carbocycles. The number of aliphatic imine (C=N–C) groups is 1. The van der Waals surface area contributed by atoms with Crippen molar-refractivity contribution in [2.45, 2.75) is 6.54 Å². The average molecular weight is 460 g/mol. The van der Waals surface area contributed by atoms with Gasteiger partial charge in [-0.25, -0.2) is 0 Å². The van der Waals surface area contributed by atoms with Gasteiger partial charge in [0.25, 0.3) is 0 Å². The van der Waals surface area contributed by atoms with E-state index in [1.807, 2.05) is 25.3 Å². The lowest BCUT2D eigenvalue weighted by Crippen LogP contribution is -2.52. The third-order valence-electron chi connectivity index (χ3n) is 4.17. The van der Waals surface area contributed by atoms with E-state index in [0.717, 1.165) is 62.3 Å². The lowest BCUT2D eigenvalue weighted by molar-refractivity contribution is 0.171. The van der Waals surface area contributed by atoms with Crippen LogP contribution in [0.2, 0.25) is 0 Å². The number of halogens is 1. The van der Waals surface area contributed by atoms with E-state index < -0.39 is 0 Å². The zero-order valence-corrected chi connectivity index (χ0v) is 17.7. The summed E-state index contributed by atoms with van der Waals surface area (Å²) < 4.78 is 10.8. The van der Waals surface area contributed by atoms with Gasteiger partial charge in [0.15, 0.2) is 5.96 Å². The fraction of sp³-hybridized carbons (Fsp3) is 0.500. The van der Waals surface area contributed by atoms with Gasteiger partial charge < -0.3 is 19.7 Å². The quantitative estimate of drug-likeness (QED) is 0.306. The summed E-state index contributed by atoms with van der Waals surface area (Å²) in [6.45, 7) is 9.18. The summed E-state index contributed by atoms with van der Waals surface area (Å²) in [6, 6.07) is 5.94. The number of benzene rings is 1. The van der Waals surface area contributed by atoms with Crippen molar-refractivity contribution in [1.82, 2.24) is 15.1 Å². The van der Waals surface area contributed by atoms with Crippen molar-refractivity contribution in [2.24, 2.45) is 4.99 Å². The van der Waals surface area contributed by atoms with Crippen LogP contribution in [0.5, 0.6) is 11.5 Å². The van der Waals surface area contributed by atoms with Crippen LogP contribution in [0.3, 0.4) is 0 Å². The predicted molar refractivity (Wildman–Crippen MR) is 113 cm³/mol. The molecular weight excluding hydrogens is 431 g/mol. The van der Waals surface area contributed by atoms with E-state index in [2.05, 4.69) is 32.8 Å². The van der Waals surface area contributed by atoms with Crippen molar-refractivity contribution in [3.05, 3.63) is 36.4 Å². The fourth-order valence-corrected chi connectivity index (χ4v) is 2.86. The zero-order chi connectivity index (χ0) is 17.4. The Morgan fingerprint density at radius 2 is 1.96 bits per heavy atom. The van der Waals surface area contributed by atoms with Crippen LogP contribution in [0.1, 0.15) is 5.56 Å². The molecule has 0 amide bonds. The maximum Gasteiger partial charge on any atom is 0.193 e. The van der Waals surface area contributed by atoms with E-state index in [4.69, 9.17) is 9.47 Å². The van der Waals surface area contributed by atoms with E-state index >= 15 is 0 Å². The minimum atomic E-state index is 0. The van der Waals surface area contributed by atoms with Crippen molar-refractivity contribution < 1.29 is 9.47 Å². The minimum absolute atomic E-state index is 0. The van der Waals surface area contributed by atoms with Crippen LogP contribution in [0, 0.1) is 0 Å². The second-order valence-corrected chi connectivity index (χ2v) is 5.66. The smallest absolute Gasteiger partial charge is 0.193 e. The number of piperazine rings is 1. The molecule has 25 heavy (non-hydrogen) atoms. The Morgan fingerprint density at radius 1 is 1.24 bits per heavy atom. The first-order valence-corrected chi connectivity index (χ1v) is 8.21. The highest BCUT2D eigenvalue weighted by atomic mass is 127. The standard InChI is InChI=1S/C18H28N4O2.HI/c1-5-8-20-18(19-2)22-11-9-21(10-12-22)14-15-13-16(23-3)6-7-17(15)24-4;/h5-7,13H,1,8-12,14H2,2-4H3,(H,19,20);1H. The summed E-state index contributed by atoms with van der Waals surface area (Å²) in [6.07, 6.45) is 1.84. The topological polar surface area (TPSA) is 49.3 Å². The highest BCUT2D eigenvalue weighted by Crippen LogP contribution is 2.25. The monoisotopic (exact) mass is 460 g/mol. The van der Waals surface area contributed by atoms with Crippen molar-refractivity contribution in [1.29, 1.82) is 0 Å². The second kappa shape index (κ2) is 11.2. The first kappa shape index (κ1) is 21.6. The molecule has 1 N–H and O–H groups in total. The van der Waals surface area contributed by atoms with Crippen LogP contribution >= 0.6 is 24.0 Å². The summed E-state index contributed by atoms with van der Waals surface area (Å²) >= 11 is 0. The van der Waals surface area contributed by atoms with Gasteiger partial charge in [-0.1, -0.05) is 6.08 Å². The number of nitrogens with zero attached hydrogens (tertiary/aromatic N) is 3. The van der Waals surface area contributed by atoms with E-state index in [0.29, 0.717) is 0 Å². The molecule has 7 heteroatoms. The molecule has 0 bridgehead atoms. The molecule has 1 saturated heterocycles. The van der Waals surface area contributed by atoms with Crippen molar-refractivity contribution in [3.8, 4) is 11.5 Å². The number of methoxy groups -OCH3 is 2. The third kappa shape index (κ3) is 6.07. The Morgan fingerprint density at radius 3 is 2.52 bits per heavy atom. The molecule has 0 atom stereocenters. The molecule has 1 heterocycles. The lowest BCUT2D eigenvalue weighted by atomic mass is 10.1. The molecule has 1 aromatic rings. The van der Waals surface area contributed by atoms with Gasteiger partial charge in [-0.2, -0.15) is 0 Å². The first-order chi connectivity index (χ1) is 11.7. The van der Waals surface area contributed by atoms with Crippen LogP contribution in [-0.4, -0.2) is 69.8 Å². The Labute approximate surface area is 167 Å². The molecule has 1 aliphatic rings.